The van der Waals surface area contributed by atoms with E-state index < -0.39 is 6.04 Å². The Morgan fingerprint density at radius 1 is 1.00 bits per heavy atom. The predicted octanol–water partition coefficient (Wildman–Crippen LogP) is 5.57. The zero-order valence-corrected chi connectivity index (χ0v) is 19.0. The second-order valence-corrected chi connectivity index (χ2v) is 8.55. The number of oxazole rings is 1. The Bertz CT molecular complexity index is 1410. The lowest BCUT2D eigenvalue weighted by Gasteiger charge is -2.19. The van der Waals surface area contributed by atoms with E-state index in [0.717, 1.165) is 27.6 Å². The van der Waals surface area contributed by atoms with Gasteiger partial charge in [-0.2, -0.15) is 0 Å². The van der Waals surface area contributed by atoms with Crippen molar-refractivity contribution in [1.82, 2.24) is 15.3 Å². The maximum Gasteiger partial charge on any atom is 0.273 e. The van der Waals surface area contributed by atoms with Crippen LogP contribution >= 0.6 is 11.6 Å². The molecule has 34 heavy (non-hydrogen) atoms. The molecule has 5 rings (SSSR count). The molecule has 0 radical (unpaired) electrons. The number of nitrogens with one attached hydrogen (secondary N) is 2. The molecule has 0 spiro atoms. The first-order chi connectivity index (χ1) is 16.6. The second-order valence-electron chi connectivity index (χ2n) is 8.11. The van der Waals surface area contributed by atoms with Crippen molar-refractivity contribution in [2.45, 2.75) is 18.5 Å². The van der Waals surface area contributed by atoms with E-state index in [1.165, 1.54) is 6.26 Å². The Kier molecular flexibility index (Phi) is 6.16. The number of halogens is 1. The monoisotopic (exact) mass is 470 g/mol. The minimum atomic E-state index is -0.484. The van der Waals surface area contributed by atoms with E-state index in [1.807, 2.05) is 72.9 Å². The molecule has 0 fully saturated rings. The Morgan fingerprint density at radius 3 is 2.50 bits per heavy atom. The molecule has 4 N–H and O–H groups in total. The van der Waals surface area contributed by atoms with Crippen molar-refractivity contribution < 1.29 is 9.21 Å². The Hall–Kier alpha value is -3.87. The number of rotatable bonds is 7. The van der Waals surface area contributed by atoms with E-state index >= 15 is 0 Å². The first-order valence-corrected chi connectivity index (χ1v) is 11.3. The summed E-state index contributed by atoms with van der Waals surface area (Å²) in [5.74, 6) is -0.0312. The summed E-state index contributed by atoms with van der Waals surface area (Å²) in [6.07, 6.45) is 3.82. The maximum atomic E-state index is 13.1. The third-order valence-electron chi connectivity index (χ3n) is 5.80. The molecule has 0 saturated carbocycles. The molecule has 2 unspecified atom stereocenters. The molecule has 0 bridgehead atoms. The first-order valence-electron chi connectivity index (χ1n) is 11.0. The van der Waals surface area contributed by atoms with E-state index in [0.29, 0.717) is 17.3 Å². The van der Waals surface area contributed by atoms with Crippen molar-refractivity contribution in [1.29, 1.82) is 0 Å². The molecule has 5 aromatic rings. The summed E-state index contributed by atoms with van der Waals surface area (Å²) in [6.45, 7) is 0. The lowest BCUT2D eigenvalue weighted by molar-refractivity contribution is 0.0938. The van der Waals surface area contributed by atoms with Crippen LogP contribution in [0.2, 0.25) is 5.02 Å². The van der Waals surface area contributed by atoms with Gasteiger partial charge in [-0.3, -0.25) is 4.79 Å². The van der Waals surface area contributed by atoms with Gasteiger partial charge in [-0.25, -0.2) is 4.98 Å². The average Bonchev–Trinajstić information content (AvgIpc) is 3.52. The van der Waals surface area contributed by atoms with Gasteiger partial charge in [0.1, 0.15) is 6.26 Å². The van der Waals surface area contributed by atoms with E-state index in [-0.39, 0.29) is 17.6 Å². The van der Waals surface area contributed by atoms with Crippen molar-refractivity contribution in [2.75, 3.05) is 0 Å². The van der Waals surface area contributed by atoms with Gasteiger partial charge < -0.3 is 20.5 Å². The van der Waals surface area contributed by atoms with Gasteiger partial charge in [-0.05, 0) is 41.3 Å². The highest BCUT2D eigenvalue weighted by atomic mass is 35.5. The summed E-state index contributed by atoms with van der Waals surface area (Å²) in [5.41, 5.74) is 10.5. The van der Waals surface area contributed by atoms with Gasteiger partial charge in [0.25, 0.3) is 5.91 Å². The zero-order valence-electron chi connectivity index (χ0n) is 18.2. The van der Waals surface area contributed by atoms with Gasteiger partial charge in [0, 0.05) is 22.1 Å². The van der Waals surface area contributed by atoms with Gasteiger partial charge in [0.2, 0.25) is 5.89 Å². The van der Waals surface area contributed by atoms with Gasteiger partial charge >= 0.3 is 0 Å². The summed E-state index contributed by atoms with van der Waals surface area (Å²) in [5, 5.41) is 4.80. The molecule has 6 nitrogen and oxygen atoms in total. The summed E-state index contributed by atoms with van der Waals surface area (Å²) < 4.78 is 5.59. The molecule has 0 aliphatic rings. The number of carbonyl (C=O) groups is 1. The van der Waals surface area contributed by atoms with Crippen molar-refractivity contribution in [3.05, 3.63) is 125 Å². The van der Waals surface area contributed by atoms with E-state index in [4.69, 9.17) is 21.8 Å². The largest absolute Gasteiger partial charge is 0.446 e. The number of nitrogens with two attached hydrogens (primary N) is 1. The van der Waals surface area contributed by atoms with Crippen LogP contribution in [0.25, 0.3) is 10.9 Å². The van der Waals surface area contributed by atoms with Crippen LogP contribution in [0, 0.1) is 0 Å². The first kappa shape index (κ1) is 21.9. The quantitative estimate of drug-likeness (QED) is 0.289. The van der Waals surface area contributed by atoms with Crippen molar-refractivity contribution in [3.63, 3.8) is 0 Å². The van der Waals surface area contributed by atoms with Crippen LogP contribution in [0.3, 0.4) is 0 Å². The van der Waals surface area contributed by atoms with E-state index in [9.17, 15) is 4.79 Å². The smallest absolute Gasteiger partial charge is 0.273 e. The molecule has 0 saturated heterocycles. The molecule has 2 heterocycles. The minimum absolute atomic E-state index is 0.180. The van der Waals surface area contributed by atoms with E-state index in [2.05, 4.69) is 15.3 Å². The molecular weight excluding hydrogens is 448 g/mol. The van der Waals surface area contributed by atoms with Crippen LogP contribution in [0.5, 0.6) is 0 Å². The standard InChI is InChI=1S/C27H23ClN4O2/c28-20-12-10-18(11-13-20)25(17-6-2-1-3-7-17)32-26(33)24-16-34-27(31-24)22(29)14-19-15-30-23-9-5-4-8-21(19)23/h1-13,15-16,22,25,30H,14,29H2,(H,32,33). The number of aromatic amines is 1. The van der Waals surface area contributed by atoms with Gasteiger partial charge in [-0.1, -0.05) is 72.3 Å². The number of fused-ring (bicyclic) bond motifs is 1. The van der Waals surface area contributed by atoms with Crippen LogP contribution in [0.4, 0.5) is 0 Å². The van der Waals surface area contributed by atoms with Gasteiger partial charge in [0.05, 0.1) is 12.1 Å². The minimum Gasteiger partial charge on any atom is -0.446 e. The summed E-state index contributed by atoms with van der Waals surface area (Å²) in [4.78, 5) is 20.7. The highest BCUT2D eigenvalue weighted by Crippen LogP contribution is 2.25. The second kappa shape index (κ2) is 9.55. The molecule has 7 heteroatoms. The van der Waals surface area contributed by atoms with Crippen molar-refractivity contribution >= 4 is 28.4 Å². The fourth-order valence-electron chi connectivity index (χ4n) is 4.05. The van der Waals surface area contributed by atoms with Crippen molar-refractivity contribution in [3.8, 4) is 0 Å². The molecule has 170 valence electrons. The molecule has 0 aliphatic heterocycles. The fourth-order valence-corrected chi connectivity index (χ4v) is 4.18. The molecular formula is C27H23ClN4O2. The van der Waals surface area contributed by atoms with E-state index in [1.54, 1.807) is 12.1 Å². The third kappa shape index (κ3) is 4.59. The molecule has 3 aromatic carbocycles. The highest BCUT2D eigenvalue weighted by Gasteiger charge is 2.22. The van der Waals surface area contributed by atoms with Crippen LogP contribution in [-0.2, 0) is 6.42 Å². The number of amides is 1. The number of para-hydroxylation sites is 1. The number of benzene rings is 3. The lowest BCUT2D eigenvalue weighted by atomic mass is 9.98. The van der Waals surface area contributed by atoms with Crippen molar-refractivity contribution in [2.24, 2.45) is 5.73 Å². The van der Waals surface area contributed by atoms with Crippen LogP contribution in [0.15, 0.2) is 95.7 Å². The number of carbonyl (C=O) groups excluding carboxylic acids is 1. The summed E-state index contributed by atoms with van der Waals surface area (Å²) in [6, 6.07) is 24.3. The lowest BCUT2D eigenvalue weighted by Crippen LogP contribution is -2.29. The maximum absolute atomic E-state index is 13.1. The third-order valence-corrected chi connectivity index (χ3v) is 6.05. The zero-order chi connectivity index (χ0) is 23.5. The molecule has 2 aromatic heterocycles. The Morgan fingerprint density at radius 2 is 1.71 bits per heavy atom. The molecule has 2 atom stereocenters. The SMILES string of the molecule is NC(Cc1c[nH]c2ccccc12)c1nc(C(=O)NC(c2ccccc2)c2ccc(Cl)cc2)co1. The normalized spacial score (nSPS) is 13.0. The highest BCUT2D eigenvalue weighted by molar-refractivity contribution is 6.30. The average molecular weight is 471 g/mol. The summed E-state index contributed by atoms with van der Waals surface area (Å²) in [7, 11) is 0. The van der Waals surface area contributed by atoms with Gasteiger partial charge in [0.15, 0.2) is 5.69 Å². The van der Waals surface area contributed by atoms with Crippen LogP contribution in [-0.4, -0.2) is 15.9 Å². The summed E-state index contributed by atoms with van der Waals surface area (Å²) >= 11 is 6.06. The van der Waals surface area contributed by atoms with Crippen LogP contribution in [0.1, 0.15) is 45.2 Å². The van der Waals surface area contributed by atoms with Gasteiger partial charge in [-0.15, -0.1) is 0 Å². The predicted molar refractivity (Wildman–Crippen MR) is 133 cm³/mol. The molecule has 0 aliphatic carbocycles. The number of nitrogens with zero attached hydrogens (tertiary/aromatic N) is 1. The van der Waals surface area contributed by atoms with Crippen LogP contribution < -0.4 is 11.1 Å². The number of aromatic nitrogens is 2. The Labute approximate surface area is 201 Å². The Balaban J connectivity index is 1.34. The fraction of sp³-hybridized carbons (Fsp3) is 0.111. The topological polar surface area (TPSA) is 96.9 Å². The number of H-pyrrole nitrogens is 1. The number of hydrogen-bond donors (Lipinski definition) is 3. The molecule has 1 amide bonds. The number of hydrogen-bond acceptors (Lipinski definition) is 4.